The lowest BCUT2D eigenvalue weighted by Gasteiger charge is -2.22. The molecule has 20 heavy (non-hydrogen) atoms. The Morgan fingerprint density at radius 3 is 3.20 bits per heavy atom. The SMILES string of the molecule is c1cc(-c2cnn([C@@H]3CCCCO3)c2)c2cc[nH]c2n1. The highest BCUT2D eigenvalue weighted by atomic mass is 16.5. The maximum Gasteiger partial charge on any atom is 0.150 e. The molecule has 1 atom stereocenters. The molecule has 0 aliphatic carbocycles. The molecule has 0 bridgehead atoms. The van der Waals surface area contributed by atoms with Crippen molar-refractivity contribution in [3.05, 3.63) is 36.9 Å². The smallest absolute Gasteiger partial charge is 0.150 e. The predicted molar refractivity (Wildman–Crippen MR) is 76.2 cm³/mol. The van der Waals surface area contributed by atoms with Gasteiger partial charge >= 0.3 is 0 Å². The molecule has 0 radical (unpaired) electrons. The Balaban J connectivity index is 1.72. The quantitative estimate of drug-likeness (QED) is 0.777. The van der Waals surface area contributed by atoms with Crippen LogP contribution in [0.25, 0.3) is 22.2 Å². The van der Waals surface area contributed by atoms with Crippen LogP contribution in [0.2, 0.25) is 0 Å². The van der Waals surface area contributed by atoms with Gasteiger partial charge in [-0.2, -0.15) is 5.10 Å². The second kappa shape index (κ2) is 4.76. The molecule has 0 aromatic carbocycles. The molecule has 3 aromatic rings. The fraction of sp³-hybridized carbons (Fsp3) is 0.333. The molecule has 3 aromatic heterocycles. The van der Waals surface area contributed by atoms with E-state index in [4.69, 9.17) is 4.74 Å². The van der Waals surface area contributed by atoms with Crippen LogP contribution >= 0.6 is 0 Å². The number of H-pyrrole nitrogens is 1. The van der Waals surface area contributed by atoms with Gasteiger partial charge in [0.05, 0.1) is 6.20 Å². The standard InChI is InChI=1S/C15H16N4O/c1-2-8-20-14(3-1)19-10-11(9-18-19)12-4-6-16-15-13(12)5-7-17-15/h4-7,9-10,14H,1-3,8H2,(H,16,17)/t14-/m0/s1. The van der Waals surface area contributed by atoms with Gasteiger partial charge in [-0.1, -0.05) is 0 Å². The Kier molecular flexibility index (Phi) is 2.77. The van der Waals surface area contributed by atoms with Crippen molar-refractivity contribution in [3.8, 4) is 11.1 Å². The molecule has 4 rings (SSSR count). The molecule has 1 saturated heterocycles. The minimum absolute atomic E-state index is 0.0843. The van der Waals surface area contributed by atoms with Crippen molar-refractivity contribution >= 4 is 11.0 Å². The van der Waals surface area contributed by atoms with Crippen molar-refractivity contribution in [2.45, 2.75) is 25.5 Å². The molecule has 102 valence electrons. The summed E-state index contributed by atoms with van der Waals surface area (Å²) in [5.41, 5.74) is 3.16. The molecule has 5 nitrogen and oxygen atoms in total. The second-order valence-corrected chi connectivity index (χ2v) is 5.13. The molecular weight excluding hydrogens is 252 g/mol. The Bertz CT molecular complexity index is 724. The number of aromatic amines is 1. The van der Waals surface area contributed by atoms with Gasteiger partial charge in [-0.15, -0.1) is 0 Å². The molecule has 0 saturated carbocycles. The van der Waals surface area contributed by atoms with Gasteiger partial charge in [0, 0.05) is 36.1 Å². The highest BCUT2D eigenvalue weighted by Gasteiger charge is 2.17. The van der Waals surface area contributed by atoms with Gasteiger partial charge in [0.15, 0.2) is 0 Å². The first-order valence-electron chi connectivity index (χ1n) is 7.00. The van der Waals surface area contributed by atoms with Crippen LogP contribution in [-0.4, -0.2) is 26.4 Å². The number of nitrogens with one attached hydrogen (secondary N) is 1. The molecule has 0 spiro atoms. The van der Waals surface area contributed by atoms with E-state index in [0.717, 1.165) is 41.6 Å². The van der Waals surface area contributed by atoms with Crippen LogP contribution in [0.1, 0.15) is 25.5 Å². The van der Waals surface area contributed by atoms with Crippen molar-refractivity contribution in [1.29, 1.82) is 0 Å². The third-order valence-electron chi connectivity index (χ3n) is 3.82. The van der Waals surface area contributed by atoms with Crippen LogP contribution in [-0.2, 0) is 4.74 Å². The van der Waals surface area contributed by atoms with Gasteiger partial charge in [0.2, 0.25) is 0 Å². The largest absolute Gasteiger partial charge is 0.357 e. The lowest BCUT2D eigenvalue weighted by atomic mass is 10.1. The van der Waals surface area contributed by atoms with Crippen LogP contribution in [0.4, 0.5) is 0 Å². The zero-order valence-electron chi connectivity index (χ0n) is 11.1. The second-order valence-electron chi connectivity index (χ2n) is 5.13. The highest BCUT2D eigenvalue weighted by molar-refractivity contribution is 5.92. The van der Waals surface area contributed by atoms with E-state index >= 15 is 0 Å². The van der Waals surface area contributed by atoms with Gasteiger partial charge in [0.25, 0.3) is 0 Å². The third kappa shape index (κ3) is 1.91. The van der Waals surface area contributed by atoms with Gasteiger partial charge in [0.1, 0.15) is 11.9 Å². The number of aromatic nitrogens is 4. The molecule has 1 aliphatic rings. The van der Waals surface area contributed by atoms with Crippen LogP contribution in [0.5, 0.6) is 0 Å². The summed E-state index contributed by atoms with van der Waals surface area (Å²) < 4.78 is 7.71. The first-order valence-corrected chi connectivity index (χ1v) is 7.00. The molecule has 4 heterocycles. The van der Waals surface area contributed by atoms with Crippen molar-refractivity contribution in [2.24, 2.45) is 0 Å². The van der Waals surface area contributed by atoms with Crippen molar-refractivity contribution in [1.82, 2.24) is 19.7 Å². The van der Waals surface area contributed by atoms with Crippen molar-refractivity contribution in [2.75, 3.05) is 6.61 Å². The average molecular weight is 268 g/mol. The number of rotatable bonds is 2. The summed E-state index contributed by atoms with van der Waals surface area (Å²) in [5, 5.41) is 5.59. The van der Waals surface area contributed by atoms with Crippen LogP contribution in [0, 0.1) is 0 Å². The summed E-state index contributed by atoms with van der Waals surface area (Å²) >= 11 is 0. The minimum Gasteiger partial charge on any atom is -0.357 e. The normalized spacial score (nSPS) is 19.5. The lowest BCUT2D eigenvalue weighted by molar-refractivity contribution is -0.0394. The van der Waals surface area contributed by atoms with E-state index in [9.17, 15) is 0 Å². The Morgan fingerprint density at radius 2 is 2.30 bits per heavy atom. The van der Waals surface area contributed by atoms with Crippen LogP contribution in [0.3, 0.4) is 0 Å². The zero-order valence-corrected chi connectivity index (χ0v) is 11.1. The maximum absolute atomic E-state index is 5.77. The third-order valence-corrected chi connectivity index (χ3v) is 3.82. The topological polar surface area (TPSA) is 55.7 Å². The van der Waals surface area contributed by atoms with E-state index in [1.165, 1.54) is 6.42 Å². The number of pyridine rings is 1. The number of fused-ring (bicyclic) bond motifs is 1. The van der Waals surface area contributed by atoms with Gasteiger partial charge < -0.3 is 9.72 Å². The zero-order chi connectivity index (χ0) is 13.4. The molecular formula is C15H16N4O. The number of nitrogens with zero attached hydrogens (tertiary/aromatic N) is 3. The Morgan fingerprint density at radius 1 is 1.30 bits per heavy atom. The Hall–Kier alpha value is -2.14. The molecule has 0 unspecified atom stereocenters. The van der Waals surface area contributed by atoms with E-state index in [-0.39, 0.29) is 6.23 Å². The average Bonchev–Trinajstić information content (AvgIpc) is 3.17. The summed E-state index contributed by atoms with van der Waals surface area (Å²) in [6.07, 6.45) is 11.2. The van der Waals surface area contributed by atoms with Crippen LogP contribution in [0.15, 0.2) is 36.9 Å². The first-order chi connectivity index (χ1) is 9.92. The summed E-state index contributed by atoms with van der Waals surface area (Å²) in [7, 11) is 0. The summed E-state index contributed by atoms with van der Waals surface area (Å²) in [6.45, 7) is 0.831. The fourth-order valence-electron chi connectivity index (χ4n) is 2.78. The predicted octanol–water partition coefficient (Wildman–Crippen LogP) is 3.13. The molecule has 1 aliphatic heterocycles. The van der Waals surface area contributed by atoms with Crippen molar-refractivity contribution < 1.29 is 4.74 Å². The summed E-state index contributed by atoms with van der Waals surface area (Å²) in [4.78, 5) is 7.45. The van der Waals surface area contributed by atoms with Gasteiger partial charge in [-0.3, -0.25) is 0 Å². The molecule has 0 amide bonds. The van der Waals surface area contributed by atoms with Crippen molar-refractivity contribution in [3.63, 3.8) is 0 Å². The van der Waals surface area contributed by atoms with E-state index in [1.807, 2.05) is 35.4 Å². The maximum atomic E-state index is 5.77. The molecule has 5 heteroatoms. The number of hydrogen-bond acceptors (Lipinski definition) is 3. The lowest BCUT2D eigenvalue weighted by Crippen LogP contribution is -2.18. The number of hydrogen-bond donors (Lipinski definition) is 1. The summed E-state index contributed by atoms with van der Waals surface area (Å²) in [5.74, 6) is 0. The minimum atomic E-state index is 0.0843. The molecule has 1 fully saturated rings. The fourth-order valence-corrected chi connectivity index (χ4v) is 2.78. The van der Waals surface area contributed by atoms with Crippen LogP contribution < -0.4 is 0 Å². The van der Waals surface area contributed by atoms with E-state index in [0.29, 0.717) is 0 Å². The monoisotopic (exact) mass is 268 g/mol. The van der Waals surface area contributed by atoms with Gasteiger partial charge in [-0.05, 0) is 37.0 Å². The first kappa shape index (κ1) is 11.7. The molecule has 1 N–H and O–H groups in total. The Labute approximate surface area is 116 Å². The number of ether oxygens (including phenoxy) is 1. The van der Waals surface area contributed by atoms with E-state index in [2.05, 4.69) is 21.3 Å². The summed E-state index contributed by atoms with van der Waals surface area (Å²) in [6, 6.07) is 4.07. The van der Waals surface area contributed by atoms with E-state index < -0.39 is 0 Å². The highest BCUT2D eigenvalue weighted by Crippen LogP contribution is 2.29. The van der Waals surface area contributed by atoms with Gasteiger partial charge in [-0.25, -0.2) is 9.67 Å². The van der Waals surface area contributed by atoms with E-state index in [1.54, 1.807) is 0 Å².